The molecular weight excluding hydrogens is 246 g/mol. The van der Waals surface area contributed by atoms with E-state index < -0.39 is 0 Å². The number of aromatic nitrogens is 3. The highest BCUT2D eigenvalue weighted by Crippen LogP contribution is 2.07. The number of nitrogens with one attached hydrogen (secondary N) is 2. The van der Waals surface area contributed by atoms with Crippen LogP contribution in [0.5, 0.6) is 0 Å². The number of anilines is 1. The summed E-state index contributed by atoms with van der Waals surface area (Å²) in [6.07, 6.45) is 2.44. The van der Waals surface area contributed by atoms with Crippen LogP contribution in [0.15, 0.2) is 24.4 Å². The fraction of sp³-hybridized carbons (Fsp3) is 0.417. The van der Waals surface area contributed by atoms with E-state index in [1.165, 1.54) is 0 Å². The van der Waals surface area contributed by atoms with Gasteiger partial charge < -0.3 is 10.4 Å². The van der Waals surface area contributed by atoms with Gasteiger partial charge >= 0.3 is 6.03 Å². The van der Waals surface area contributed by atoms with E-state index in [1.54, 1.807) is 16.7 Å². The molecule has 0 radical (unpaired) electrons. The highest BCUT2D eigenvalue weighted by molar-refractivity contribution is 5.87. The zero-order valence-corrected chi connectivity index (χ0v) is 10.7. The number of hydrogen-bond donors (Lipinski definition) is 3. The highest BCUT2D eigenvalue weighted by Gasteiger charge is 2.09. The molecule has 1 atom stereocenters. The molecule has 7 heteroatoms. The average molecular weight is 263 g/mol. The number of pyridine rings is 1. The number of amides is 2. The lowest BCUT2D eigenvalue weighted by atomic mass is 10.1. The Hall–Kier alpha value is -2.15. The molecule has 2 rings (SSSR count). The molecule has 2 aromatic heterocycles. The summed E-state index contributed by atoms with van der Waals surface area (Å²) in [5.41, 5.74) is 0.673. The summed E-state index contributed by atoms with van der Waals surface area (Å²) < 4.78 is 1.69. The third-order valence-corrected chi connectivity index (χ3v) is 2.77. The van der Waals surface area contributed by atoms with E-state index in [4.69, 9.17) is 5.11 Å². The molecule has 2 amide bonds. The van der Waals surface area contributed by atoms with Gasteiger partial charge in [0.05, 0.1) is 0 Å². The van der Waals surface area contributed by atoms with Crippen LogP contribution in [0.2, 0.25) is 0 Å². The maximum absolute atomic E-state index is 11.7. The molecule has 2 heterocycles. The van der Waals surface area contributed by atoms with Crippen LogP contribution >= 0.6 is 0 Å². The van der Waals surface area contributed by atoms with Crippen LogP contribution in [0.25, 0.3) is 5.65 Å². The van der Waals surface area contributed by atoms with E-state index in [0.29, 0.717) is 24.6 Å². The van der Waals surface area contributed by atoms with Gasteiger partial charge in [0.15, 0.2) is 5.65 Å². The number of carbonyl (C=O) groups is 1. The fourth-order valence-electron chi connectivity index (χ4n) is 1.66. The molecular formula is C12H17N5O2. The molecule has 1 unspecified atom stereocenters. The van der Waals surface area contributed by atoms with Gasteiger partial charge in [0.1, 0.15) is 0 Å². The second-order valence-electron chi connectivity index (χ2n) is 4.40. The largest absolute Gasteiger partial charge is 0.396 e. The first-order chi connectivity index (χ1) is 9.20. The maximum Gasteiger partial charge on any atom is 0.321 e. The van der Waals surface area contributed by atoms with Crippen molar-refractivity contribution in [2.75, 3.05) is 18.5 Å². The number of nitrogens with zero attached hydrogens (tertiary/aromatic N) is 3. The van der Waals surface area contributed by atoms with Crippen LogP contribution in [-0.2, 0) is 0 Å². The Labute approximate surface area is 110 Å². The van der Waals surface area contributed by atoms with Crippen molar-refractivity contribution in [3.05, 3.63) is 24.4 Å². The smallest absolute Gasteiger partial charge is 0.321 e. The van der Waals surface area contributed by atoms with Gasteiger partial charge in [-0.15, -0.1) is 10.2 Å². The lowest BCUT2D eigenvalue weighted by Gasteiger charge is -2.11. The molecule has 102 valence electrons. The second-order valence-corrected chi connectivity index (χ2v) is 4.40. The van der Waals surface area contributed by atoms with Crippen molar-refractivity contribution in [1.29, 1.82) is 0 Å². The highest BCUT2D eigenvalue weighted by atomic mass is 16.3. The summed E-state index contributed by atoms with van der Waals surface area (Å²) in [6.45, 7) is 2.59. The molecule has 0 aliphatic carbocycles. The number of carbonyl (C=O) groups excluding carboxylic acids is 1. The molecule has 7 nitrogen and oxygen atoms in total. The lowest BCUT2D eigenvalue weighted by Crippen LogP contribution is -2.33. The van der Waals surface area contributed by atoms with E-state index in [-0.39, 0.29) is 18.6 Å². The van der Waals surface area contributed by atoms with Gasteiger partial charge in [-0.05, 0) is 24.5 Å². The fourth-order valence-corrected chi connectivity index (χ4v) is 1.66. The Balaban J connectivity index is 1.92. The Morgan fingerprint density at radius 3 is 3.11 bits per heavy atom. The van der Waals surface area contributed by atoms with Crippen molar-refractivity contribution in [1.82, 2.24) is 19.9 Å². The first-order valence-corrected chi connectivity index (χ1v) is 6.16. The van der Waals surface area contributed by atoms with E-state index >= 15 is 0 Å². The monoisotopic (exact) mass is 263 g/mol. The molecule has 0 aliphatic rings. The van der Waals surface area contributed by atoms with Crippen LogP contribution < -0.4 is 10.6 Å². The predicted molar refractivity (Wildman–Crippen MR) is 70.9 cm³/mol. The summed E-state index contributed by atoms with van der Waals surface area (Å²) in [7, 11) is 0. The van der Waals surface area contributed by atoms with Crippen LogP contribution in [0.3, 0.4) is 0 Å². The van der Waals surface area contributed by atoms with Gasteiger partial charge in [-0.3, -0.25) is 9.72 Å². The summed E-state index contributed by atoms with van der Waals surface area (Å²) in [4.78, 5) is 11.7. The topological polar surface area (TPSA) is 91.5 Å². The normalized spacial score (nSPS) is 12.3. The molecule has 19 heavy (non-hydrogen) atoms. The first-order valence-electron chi connectivity index (χ1n) is 6.16. The Morgan fingerprint density at radius 2 is 2.32 bits per heavy atom. The van der Waals surface area contributed by atoms with Crippen LogP contribution in [0.1, 0.15) is 13.3 Å². The third-order valence-electron chi connectivity index (χ3n) is 2.77. The molecule has 0 aromatic carbocycles. The minimum absolute atomic E-state index is 0.124. The molecule has 0 saturated heterocycles. The number of aliphatic hydroxyl groups excluding tert-OH is 1. The Bertz CT molecular complexity index is 554. The number of aliphatic hydroxyl groups is 1. The number of urea groups is 1. The van der Waals surface area contributed by atoms with E-state index in [0.717, 1.165) is 0 Å². The Morgan fingerprint density at radius 1 is 1.47 bits per heavy atom. The van der Waals surface area contributed by atoms with Crippen LogP contribution in [-0.4, -0.2) is 38.9 Å². The van der Waals surface area contributed by atoms with Gasteiger partial charge in [-0.1, -0.05) is 13.0 Å². The summed E-state index contributed by atoms with van der Waals surface area (Å²) in [5.74, 6) is 0.605. The molecule has 0 spiro atoms. The molecule has 2 aromatic rings. The molecule has 0 fully saturated rings. The minimum atomic E-state index is -0.331. The second kappa shape index (κ2) is 6.14. The SMILES string of the molecule is CC(CCO)CNC(=O)Nc1nnc2ccccn12. The number of rotatable bonds is 5. The van der Waals surface area contributed by atoms with Crippen molar-refractivity contribution in [2.45, 2.75) is 13.3 Å². The zero-order chi connectivity index (χ0) is 13.7. The summed E-state index contributed by atoms with van der Waals surface area (Å²) in [5, 5.41) is 22.0. The minimum Gasteiger partial charge on any atom is -0.396 e. The zero-order valence-electron chi connectivity index (χ0n) is 10.7. The van der Waals surface area contributed by atoms with Crippen molar-refractivity contribution >= 4 is 17.6 Å². The lowest BCUT2D eigenvalue weighted by molar-refractivity contribution is 0.243. The van der Waals surface area contributed by atoms with Gasteiger partial charge in [0.25, 0.3) is 0 Å². The van der Waals surface area contributed by atoms with Crippen molar-refractivity contribution < 1.29 is 9.90 Å². The average Bonchev–Trinajstić information content (AvgIpc) is 2.80. The third kappa shape index (κ3) is 3.41. The van der Waals surface area contributed by atoms with Gasteiger partial charge in [-0.25, -0.2) is 4.79 Å². The van der Waals surface area contributed by atoms with Gasteiger partial charge in [0.2, 0.25) is 5.95 Å². The summed E-state index contributed by atoms with van der Waals surface area (Å²) in [6, 6.07) is 5.16. The van der Waals surface area contributed by atoms with Gasteiger partial charge in [0, 0.05) is 19.3 Å². The molecule has 0 bridgehead atoms. The van der Waals surface area contributed by atoms with Crippen molar-refractivity contribution in [3.8, 4) is 0 Å². The molecule has 0 saturated carbocycles. The first kappa shape index (κ1) is 13.3. The van der Waals surface area contributed by atoms with Crippen LogP contribution in [0.4, 0.5) is 10.7 Å². The van der Waals surface area contributed by atoms with E-state index in [9.17, 15) is 4.79 Å². The maximum atomic E-state index is 11.7. The standard InChI is InChI=1S/C12H17N5O2/c1-9(5-7-18)8-13-12(19)14-11-16-15-10-4-2-3-6-17(10)11/h2-4,6,9,18H,5,7-8H2,1H3,(H2,13,14,16,19). The van der Waals surface area contributed by atoms with E-state index in [2.05, 4.69) is 20.8 Å². The Kier molecular flexibility index (Phi) is 4.30. The van der Waals surface area contributed by atoms with Gasteiger partial charge in [-0.2, -0.15) is 0 Å². The summed E-state index contributed by atoms with van der Waals surface area (Å²) >= 11 is 0. The van der Waals surface area contributed by atoms with Crippen LogP contribution in [0, 0.1) is 5.92 Å². The number of hydrogen-bond acceptors (Lipinski definition) is 4. The predicted octanol–water partition coefficient (Wildman–Crippen LogP) is 0.869. The van der Waals surface area contributed by atoms with Crippen molar-refractivity contribution in [3.63, 3.8) is 0 Å². The van der Waals surface area contributed by atoms with Crippen molar-refractivity contribution in [2.24, 2.45) is 5.92 Å². The molecule has 3 N–H and O–H groups in total. The number of fused-ring (bicyclic) bond motifs is 1. The van der Waals surface area contributed by atoms with E-state index in [1.807, 2.05) is 19.1 Å². The quantitative estimate of drug-likeness (QED) is 0.746. The molecule has 0 aliphatic heterocycles.